The molecule has 0 aromatic rings. The molecule has 0 saturated heterocycles. The van der Waals surface area contributed by atoms with Gasteiger partial charge in [0.1, 0.15) is 12.6 Å². The molecular formula is C46H75NO7. The first-order valence-corrected chi connectivity index (χ1v) is 20.7. The summed E-state index contributed by atoms with van der Waals surface area (Å²) in [6, 6.07) is -0.740. The van der Waals surface area contributed by atoms with Crippen molar-refractivity contribution in [1.82, 2.24) is 0 Å². The van der Waals surface area contributed by atoms with E-state index in [2.05, 4.69) is 38.2 Å². The molecule has 0 fully saturated rings. The van der Waals surface area contributed by atoms with Crippen molar-refractivity contribution in [3.8, 4) is 0 Å². The molecule has 0 spiro atoms. The highest BCUT2D eigenvalue weighted by molar-refractivity contribution is 5.70. The Balaban J connectivity index is 4.54. The van der Waals surface area contributed by atoms with E-state index in [-0.39, 0.29) is 49.1 Å². The minimum absolute atomic E-state index is 0.0124. The second-order valence-electron chi connectivity index (χ2n) is 14.6. The fourth-order valence-corrected chi connectivity index (χ4v) is 5.45. The molecule has 2 atom stereocenters. The van der Waals surface area contributed by atoms with E-state index in [1.165, 1.54) is 38.5 Å². The summed E-state index contributed by atoms with van der Waals surface area (Å²) in [6.07, 6.45) is 46.0. The third-order valence-corrected chi connectivity index (χ3v) is 8.68. The maximum atomic E-state index is 12.7. The summed E-state index contributed by atoms with van der Waals surface area (Å²) in [5.74, 6) is -1.83. The van der Waals surface area contributed by atoms with E-state index in [0.29, 0.717) is 12.8 Å². The molecule has 0 aliphatic heterocycles. The van der Waals surface area contributed by atoms with Crippen molar-refractivity contribution in [2.45, 2.75) is 148 Å². The van der Waals surface area contributed by atoms with Gasteiger partial charge in [-0.05, 0) is 57.8 Å². The number of aliphatic carboxylic acids is 1. The molecule has 0 heterocycles. The number of hydrogen-bond acceptors (Lipinski definition) is 7. The standard InChI is InChI=1S/C46H75NO7/c1-6-8-10-12-14-16-18-20-21-22-23-25-27-29-31-33-35-37-45(49)54-42(40-52-39-38-43(46(50)51)47(3,4)5)41-53-44(48)36-34-32-30-28-26-24-19-17-15-13-11-9-7-2/h8,10,12,14,16,18,20-27,42-43H,6-7,9,11,13,15,17,19,28-41H2,1-5H3/b10-8+,14-12+,18-16+,21-20+,23-22+,26-24+,27-25+. The van der Waals surface area contributed by atoms with Crippen LogP contribution in [0.4, 0.5) is 0 Å². The number of rotatable bonds is 35. The normalized spacial score (nSPS) is 13.9. The van der Waals surface area contributed by atoms with E-state index < -0.39 is 18.1 Å². The van der Waals surface area contributed by atoms with Crippen molar-refractivity contribution in [3.05, 3.63) is 85.1 Å². The Bertz CT molecular complexity index is 1160. The highest BCUT2D eigenvalue weighted by atomic mass is 16.6. The lowest BCUT2D eigenvalue weighted by Crippen LogP contribution is -2.55. The molecule has 0 amide bonds. The SMILES string of the molecule is CC/C=C/C=C/C=C/C=C/C=C/C=C/CCCCCC(=O)OC(COCCC(C(=O)[O-])[N+](C)(C)C)COC(=O)CCCCC/C=C/CCCCCCCC. The molecule has 0 aromatic carbocycles. The molecule has 0 bridgehead atoms. The van der Waals surface area contributed by atoms with E-state index in [1.54, 1.807) is 21.1 Å². The van der Waals surface area contributed by atoms with Crippen LogP contribution >= 0.6 is 0 Å². The van der Waals surface area contributed by atoms with Crippen LogP contribution in [0, 0.1) is 0 Å². The topological polar surface area (TPSA) is 102 Å². The van der Waals surface area contributed by atoms with Crippen LogP contribution in [0.5, 0.6) is 0 Å². The van der Waals surface area contributed by atoms with Gasteiger partial charge in [-0.15, -0.1) is 0 Å². The first-order valence-electron chi connectivity index (χ1n) is 20.7. The average Bonchev–Trinajstić information content (AvgIpc) is 3.12. The summed E-state index contributed by atoms with van der Waals surface area (Å²) in [6.45, 7) is 4.41. The van der Waals surface area contributed by atoms with Crippen molar-refractivity contribution in [3.63, 3.8) is 0 Å². The zero-order valence-electron chi connectivity index (χ0n) is 34.6. The number of carbonyl (C=O) groups is 3. The van der Waals surface area contributed by atoms with E-state index in [4.69, 9.17) is 14.2 Å². The fourth-order valence-electron chi connectivity index (χ4n) is 5.45. The smallest absolute Gasteiger partial charge is 0.306 e. The van der Waals surface area contributed by atoms with Gasteiger partial charge in [-0.2, -0.15) is 0 Å². The Morgan fingerprint density at radius 1 is 0.574 bits per heavy atom. The molecule has 0 aromatic heterocycles. The zero-order valence-corrected chi connectivity index (χ0v) is 34.6. The lowest BCUT2D eigenvalue weighted by molar-refractivity contribution is -0.889. The predicted octanol–water partition coefficient (Wildman–Crippen LogP) is 9.63. The highest BCUT2D eigenvalue weighted by Gasteiger charge is 2.25. The molecule has 8 nitrogen and oxygen atoms in total. The lowest BCUT2D eigenvalue weighted by Gasteiger charge is -2.34. The monoisotopic (exact) mass is 754 g/mol. The molecule has 0 rings (SSSR count). The van der Waals surface area contributed by atoms with Crippen LogP contribution in [-0.4, -0.2) is 75.5 Å². The summed E-state index contributed by atoms with van der Waals surface area (Å²) in [5.41, 5.74) is 0. The maximum absolute atomic E-state index is 12.7. The average molecular weight is 754 g/mol. The lowest BCUT2D eigenvalue weighted by atomic mass is 10.1. The molecule has 0 aliphatic rings. The molecule has 54 heavy (non-hydrogen) atoms. The van der Waals surface area contributed by atoms with Crippen LogP contribution in [0.2, 0.25) is 0 Å². The molecule has 8 heteroatoms. The van der Waals surface area contributed by atoms with Gasteiger partial charge in [-0.25, -0.2) is 0 Å². The van der Waals surface area contributed by atoms with Crippen LogP contribution < -0.4 is 5.11 Å². The van der Waals surface area contributed by atoms with Gasteiger partial charge in [-0.3, -0.25) is 9.59 Å². The number of carbonyl (C=O) groups excluding carboxylic acids is 3. The van der Waals surface area contributed by atoms with Gasteiger partial charge in [0.05, 0.1) is 40.3 Å². The Kier molecular flexibility index (Phi) is 34.1. The third-order valence-electron chi connectivity index (χ3n) is 8.68. The van der Waals surface area contributed by atoms with Gasteiger partial charge in [0, 0.05) is 19.3 Å². The molecule has 2 unspecified atom stereocenters. The first-order chi connectivity index (χ1) is 26.1. The van der Waals surface area contributed by atoms with Crippen LogP contribution in [0.15, 0.2) is 85.1 Å². The third kappa shape index (κ3) is 34.3. The molecular weight excluding hydrogens is 679 g/mol. The number of hydrogen-bond donors (Lipinski definition) is 0. The minimum atomic E-state index is -1.14. The molecule has 0 N–H and O–H groups in total. The van der Waals surface area contributed by atoms with Crippen molar-refractivity contribution in [1.29, 1.82) is 0 Å². The summed E-state index contributed by atoms with van der Waals surface area (Å²) >= 11 is 0. The van der Waals surface area contributed by atoms with Crippen LogP contribution in [0.3, 0.4) is 0 Å². The highest BCUT2D eigenvalue weighted by Crippen LogP contribution is 2.12. The molecule has 0 aliphatic carbocycles. The summed E-state index contributed by atoms with van der Waals surface area (Å²) in [4.78, 5) is 36.8. The number of ether oxygens (including phenoxy) is 3. The van der Waals surface area contributed by atoms with E-state index >= 15 is 0 Å². The summed E-state index contributed by atoms with van der Waals surface area (Å²) in [5, 5.41) is 11.6. The maximum Gasteiger partial charge on any atom is 0.306 e. The van der Waals surface area contributed by atoms with Gasteiger partial charge in [0.15, 0.2) is 6.10 Å². The number of likely N-dealkylation sites (N-methyl/N-ethyl adjacent to an activating group) is 1. The number of esters is 2. The number of unbranched alkanes of at least 4 members (excludes halogenated alkanes) is 12. The first kappa shape index (κ1) is 50.5. The van der Waals surface area contributed by atoms with E-state index in [1.807, 2.05) is 60.8 Å². The van der Waals surface area contributed by atoms with E-state index in [0.717, 1.165) is 57.8 Å². The van der Waals surface area contributed by atoms with Crippen molar-refractivity contribution in [2.24, 2.45) is 0 Å². The fraction of sp³-hybridized carbons (Fsp3) is 0.630. The Labute approximate surface area is 329 Å². The quantitative estimate of drug-likeness (QED) is 0.0209. The Morgan fingerprint density at radius 2 is 1.06 bits per heavy atom. The summed E-state index contributed by atoms with van der Waals surface area (Å²) < 4.78 is 17.1. The van der Waals surface area contributed by atoms with Crippen molar-refractivity contribution >= 4 is 17.9 Å². The van der Waals surface area contributed by atoms with Crippen LogP contribution in [-0.2, 0) is 28.6 Å². The minimum Gasteiger partial charge on any atom is -0.544 e. The predicted molar refractivity (Wildman–Crippen MR) is 222 cm³/mol. The number of quaternary nitrogens is 1. The number of nitrogens with zero attached hydrogens (tertiary/aromatic N) is 1. The number of carboxylic acid groups (broad SMARTS) is 1. The summed E-state index contributed by atoms with van der Waals surface area (Å²) in [7, 11) is 5.37. The Hall–Kier alpha value is -3.49. The van der Waals surface area contributed by atoms with E-state index in [9.17, 15) is 19.5 Å². The molecule has 306 valence electrons. The Morgan fingerprint density at radius 3 is 1.59 bits per heavy atom. The number of carboxylic acids is 1. The largest absolute Gasteiger partial charge is 0.544 e. The van der Waals surface area contributed by atoms with Crippen LogP contribution in [0.25, 0.3) is 0 Å². The van der Waals surface area contributed by atoms with Crippen LogP contribution in [0.1, 0.15) is 136 Å². The number of allylic oxidation sites excluding steroid dienone is 14. The zero-order chi connectivity index (χ0) is 40.0. The van der Waals surface area contributed by atoms with Gasteiger partial charge < -0.3 is 28.6 Å². The second-order valence-corrected chi connectivity index (χ2v) is 14.6. The van der Waals surface area contributed by atoms with Crippen molar-refractivity contribution in [2.75, 3.05) is 41.0 Å². The van der Waals surface area contributed by atoms with Crippen molar-refractivity contribution < 1.29 is 38.2 Å². The molecule has 0 radical (unpaired) electrons. The van der Waals surface area contributed by atoms with Gasteiger partial charge in [-0.1, -0.05) is 144 Å². The second kappa shape index (κ2) is 36.5. The van der Waals surface area contributed by atoms with Gasteiger partial charge >= 0.3 is 11.9 Å². The molecule has 0 saturated carbocycles. The van der Waals surface area contributed by atoms with Gasteiger partial charge in [0.25, 0.3) is 0 Å². The van der Waals surface area contributed by atoms with Gasteiger partial charge in [0.2, 0.25) is 0 Å².